The van der Waals surface area contributed by atoms with Crippen LogP contribution < -0.4 is 0 Å². The Morgan fingerprint density at radius 3 is 2.72 bits per heavy atom. The van der Waals surface area contributed by atoms with Crippen molar-refractivity contribution in [1.29, 1.82) is 0 Å². The lowest BCUT2D eigenvalue weighted by Gasteiger charge is -2.07. The third-order valence-electron chi connectivity index (χ3n) is 2.41. The Hall–Kier alpha value is -2.00. The number of halogens is 1. The van der Waals surface area contributed by atoms with Crippen molar-refractivity contribution >= 4 is 17.6 Å². The van der Waals surface area contributed by atoms with Crippen LogP contribution in [0.1, 0.15) is 10.4 Å². The molecule has 3 nitrogen and oxygen atoms in total. The number of hydrogen-bond acceptors (Lipinski definition) is 2. The van der Waals surface area contributed by atoms with Gasteiger partial charge < -0.3 is 9.30 Å². The Morgan fingerprint density at radius 1 is 1.39 bits per heavy atom. The van der Waals surface area contributed by atoms with Crippen LogP contribution in [0.2, 0.25) is 5.02 Å². The van der Waals surface area contributed by atoms with Crippen LogP contribution in [0.4, 0.5) is 0 Å². The molecule has 0 bridgehead atoms. The summed E-state index contributed by atoms with van der Waals surface area (Å²) in [5.41, 5.74) is 1.25. The molecule has 1 aromatic heterocycles. The van der Waals surface area contributed by atoms with Crippen LogP contribution in [0.5, 0.6) is 0 Å². The third kappa shape index (κ3) is 2.63. The summed E-state index contributed by atoms with van der Waals surface area (Å²) in [5, 5.41) is 0.371. The molecule has 2 aromatic rings. The zero-order valence-electron chi connectivity index (χ0n) is 9.67. The minimum atomic E-state index is -0.445. The van der Waals surface area contributed by atoms with E-state index in [1.807, 2.05) is 35.2 Å². The minimum Gasteiger partial charge on any atom is -0.458 e. The van der Waals surface area contributed by atoms with Crippen molar-refractivity contribution in [1.82, 2.24) is 4.57 Å². The second-order valence-corrected chi connectivity index (χ2v) is 4.05. The van der Waals surface area contributed by atoms with Crippen LogP contribution >= 0.6 is 11.6 Å². The molecule has 0 saturated heterocycles. The number of rotatable bonds is 4. The molecule has 0 aliphatic rings. The van der Waals surface area contributed by atoms with Gasteiger partial charge in [-0.05, 0) is 30.3 Å². The molecule has 18 heavy (non-hydrogen) atoms. The molecule has 0 spiro atoms. The van der Waals surface area contributed by atoms with E-state index in [0.29, 0.717) is 10.6 Å². The van der Waals surface area contributed by atoms with Gasteiger partial charge in [0.25, 0.3) is 0 Å². The minimum absolute atomic E-state index is 0.175. The summed E-state index contributed by atoms with van der Waals surface area (Å²) >= 11 is 6.08. The molecule has 0 N–H and O–H groups in total. The molecule has 0 amide bonds. The van der Waals surface area contributed by atoms with Crippen LogP contribution in [0.15, 0.2) is 55.4 Å². The quantitative estimate of drug-likeness (QED) is 0.623. The monoisotopic (exact) mass is 261 g/mol. The Balaban J connectivity index is 2.25. The largest absolute Gasteiger partial charge is 0.458 e. The normalized spacial score (nSPS) is 10.1. The molecule has 0 radical (unpaired) electrons. The van der Waals surface area contributed by atoms with Gasteiger partial charge in [-0.2, -0.15) is 0 Å². The van der Waals surface area contributed by atoms with Crippen molar-refractivity contribution in [3.8, 4) is 5.69 Å². The maximum absolute atomic E-state index is 11.7. The molecule has 0 saturated carbocycles. The van der Waals surface area contributed by atoms with Gasteiger partial charge >= 0.3 is 5.97 Å². The lowest BCUT2D eigenvalue weighted by molar-refractivity contribution is 0.0550. The zero-order chi connectivity index (χ0) is 13.0. The Labute approximate surface area is 110 Å². The van der Waals surface area contributed by atoms with Gasteiger partial charge in [0, 0.05) is 18.1 Å². The molecule has 0 fully saturated rings. The van der Waals surface area contributed by atoms with Crippen molar-refractivity contribution in [2.45, 2.75) is 0 Å². The molecule has 4 heteroatoms. The first-order valence-corrected chi connectivity index (χ1v) is 5.81. The number of nitrogens with zero attached hydrogens (tertiary/aromatic N) is 1. The number of esters is 1. The van der Waals surface area contributed by atoms with Gasteiger partial charge in [-0.15, -0.1) is 0 Å². The SMILES string of the molecule is C=CCOC(=O)c1ccc(-n2cccc2)cc1Cl. The van der Waals surface area contributed by atoms with E-state index in [9.17, 15) is 4.79 Å². The molecule has 92 valence electrons. The highest BCUT2D eigenvalue weighted by Gasteiger charge is 2.12. The highest BCUT2D eigenvalue weighted by molar-refractivity contribution is 6.33. The molecular formula is C14H12ClNO2. The second kappa shape index (κ2) is 5.56. The number of carbonyl (C=O) groups excluding carboxylic acids is 1. The van der Waals surface area contributed by atoms with Gasteiger partial charge in [0.05, 0.1) is 10.6 Å². The van der Waals surface area contributed by atoms with Crippen molar-refractivity contribution in [2.24, 2.45) is 0 Å². The zero-order valence-corrected chi connectivity index (χ0v) is 10.4. The van der Waals surface area contributed by atoms with Crippen LogP contribution in [-0.4, -0.2) is 17.1 Å². The van der Waals surface area contributed by atoms with E-state index in [2.05, 4.69) is 6.58 Å². The van der Waals surface area contributed by atoms with Crippen LogP contribution in [0, 0.1) is 0 Å². The standard InChI is InChI=1S/C14H12ClNO2/c1-2-9-18-14(17)12-6-5-11(10-13(12)15)16-7-3-4-8-16/h2-8,10H,1,9H2. The molecular weight excluding hydrogens is 250 g/mol. The lowest BCUT2D eigenvalue weighted by Crippen LogP contribution is -2.06. The van der Waals surface area contributed by atoms with E-state index in [1.165, 1.54) is 6.08 Å². The van der Waals surface area contributed by atoms with Crippen LogP contribution in [0.25, 0.3) is 5.69 Å². The third-order valence-corrected chi connectivity index (χ3v) is 2.72. The summed E-state index contributed by atoms with van der Waals surface area (Å²) in [4.78, 5) is 11.7. The number of hydrogen-bond donors (Lipinski definition) is 0. The Kier molecular flexibility index (Phi) is 3.85. The number of ether oxygens (including phenoxy) is 1. The van der Waals surface area contributed by atoms with Gasteiger partial charge in [-0.25, -0.2) is 4.79 Å². The van der Waals surface area contributed by atoms with Crippen LogP contribution in [0.3, 0.4) is 0 Å². The fourth-order valence-electron chi connectivity index (χ4n) is 1.55. The lowest BCUT2D eigenvalue weighted by atomic mass is 10.2. The summed E-state index contributed by atoms with van der Waals surface area (Å²) < 4.78 is 6.85. The average Bonchev–Trinajstić information content (AvgIpc) is 2.89. The average molecular weight is 262 g/mol. The van der Waals surface area contributed by atoms with E-state index in [-0.39, 0.29) is 6.61 Å². The molecule has 0 unspecified atom stereocenters. The highest BCUT2D eigenvalue weighted by atomic mass is 35.5. The highest BCUT2D eigenvalue weighted by Crippen LogP contribution is 2.21. The molecule has 2 rings (SSSR count). The second-order valence-electron chi connectivity index (χ2n) is 3.64. The van der Waals surface area contributed by atoms with Gasteiger partial charge in [0.1, 0.15) is 6.61 Å². The van der Waals surface area contributed by atoms with E-state index < -0.39 is 5.97 Å². The van der Waals surface area contributed by atoms with Crippen molar-refractivity contribution in [3.63, 3.8) is 0 Å². The Bertz CT molecular complexity index is 561. The first-order valence-electron chi connectivity index (χ1n) is 5.43. The number of carbonyl (C=O) groups is 1. The van der Waals surface area contributed by atoms with E-state index in [0.717, 1.165) is 5.69 Å². The first kappa shape index (κ1) is 12.5. The summed E-state index contributed by atoms with van der Waals surface area (Å²) in [7, 11) is 0. The summed E-state index contributed by atoms with van der Waals surface area (Å²) in [6, 6.07) is 9.03. The number of benzene rings is 1. The van der Waals surface area contributed by atoms with Gasteiger partial charge in [0.2, 0.25) is 0 Å². The number of aromatic nitrogens is 1. The molecule has 1 heterocycles. The maximum atomic E-state index is 11.7. The summed E-state index contributed by atoms with van der Waals surface area (Å²) in [6.07, 6.45) is 5.32. The summed E-state index contributed by atoms with van der Waals surface area (Å²) in [6.45, 7) is 3.66. The molecule has 0 aliphatic carbocycles. The fraction of sp³-hybridized carbons (Fsp3) is 0.0714. The predicted octanol–water partition coefficient (Wildman–Crippen LogP) is 3.47. The van der Waals surface area contributed by atoms with Crippen molar-refractivity contribution < 1.29 is 9.53 Å². The summed E-state index contributed by atoms with van der Waals surface area (Å²) in [5.74, 6) is -0.445. The topological polar surface area (TPSA) is 31.2 Å². The van der Waals surface area contributed by atoms with E-state index >= 15 is 0 Å². The van der Waals surface area contributed by atoms with Gasteiger partial charge in [-0.3, -0.25) is 0 Å². The van der Waals surface area contributed by atoms with Crippen molar-refractivity contribution in [3.05, 3.63) is 66.0 Å². The van der Waals surface area contributed by atoms with Gasteiger partial charge in [0.15, 0.2) is 0 Å². The van der Waals surface area contributed by atoms with E-state index in [4.69, 9.17) is 16.3 Å². The smallest absolute Gasteiger partial charge is 0.339 e. The van der Waals surface area contributed by atoms with Crippen LogP contribution in [-0.2, 0) is 4.74 Å². The molecule has 1 aromatic carbocycles. The van der Waals surface area contributed by atoms with E-state index in [1.54, 1.807) is 12.1 Å². The molecule has 0 atom stereocenters. The van der Waals surface area contributed by atoms with Gasteiger partial charge in [-0.1, -0.05) is 24.3 Å². The first-order chi connectivity index (χ1) is 8.72. The fourth-order valence-corrected chi connectivity index (χ4v) is 1.80. The Morgan fingerprint density at radius 2 is 2.11 bits per heavy atom. The predicted molar refractivity (Wildman–Crippen MR) is 71.3 cm³/mol. The van der Waals surface area contributed by atoms with Crippen molar-refractivity contribution in [2.75, 3.05) is 6.61 Å². The maximum Gasteiger partial charge on any atom is 0.339 e. The molecule has 0 aliphatic heterocycles.